The molecule has 0 saturated carbocycles. The number of para-hydroxylation sites is 1. The summed E-state index contributed by atoms with van der Waals surface area (Å²) in [6.45, 7) is 0. The Bertz CT molecular complexity index is 752. The number of carbonyl (C=O) groups is 1. The molecule has 0 spiro atoms. The molecule has 0 aliphatic rings. The smallest absolute Gasteiger partial charge is 0.372 e. The van der Waals surface area contributed by atoms with E-state index in [0.717, 1.165) is 22.1 Å². The standard InChI is InChI=1S/C12H11N3O2/c1-14-8-6-4-3-5-7(8)9-11(14)15(2)10(13-9)12(16)17/h3-6H,1-2H3,(H,16,17). The van der Waals surface area contributed by atoms with Crippen molar-refractivity contribution in [1.29, 1.82) is 0 Å². The van der Waals surface area contributed by atoms with Crippen molar-refractivity contribution in [3.8, 4) is 0 Å². The third kappa shape index (κ3) is 1.13. The molecular formula is C12H11N3O2. The molecule has 0 fully saturated rings. The summed E-state index contributed by atoms with van der Waals surface area (Å²) in [4.78, 5) is 15.2. The van der Waals surface area contributed by atoms with Crippen LogP contribution >= 0.6 is 0 Å². The summed E-state index contributed by atoms with van der Waals surface area (Å²) in [5.41, 5.74) is 2.61. The number of aromatic nitrogens is 3. The molecule has 2 aromatic heterocycles. The average Bonchev–Trinajstić information content (AvgIpc) is 2.78. The number of nitrogens with zero attached hydrogens (tertiary/aromatic N) is 3. The third-order valence-corrected chi connectivity index (χ3v) is 3.09. The van der Waals surface area contributed by atoms with E-state index in [4.69, 9.17) is 5.11 Å². The van der Waals surface area contributed by atoms with Crippen molar-refractivity contribution in [1.82, 2.24) is 14.1 Å². The maximum atomic E-state index is 11.0. The first-order valence-electron chi connectivity index (χ1n) is 5.24. The molecule has 0 unspecified atom stereocenters. The highest BCUT2D eigenvalue weighted by molar-refractivity contribution is 6.06. The number of aromatic carboxylic acids is 1. The molecule has 0 atom stereocenters. The fourth-order valence-corrected chi connectivity index (χ4v) is 2.33. The number of rotatable bonds is 1. The minimum Gasteiger partial charge on any atom is -0.475 e. The number of benzene rings is 1. The van der Waals surface area contributed by atoms with Crippen molar-refractivity contribution in [2.24, 2.45) is 14.1 Å². The normalized spacial score (nSPS) is 11.4. The summed E-state index contributed by atoms with van der Waals surface area (Å²) in [6.07, 6.45) is 0. The summed E-state index contributed by atoms with van der Waals surface area (Å²) < 4.78 is 3.57. The second-order valence-corrected chi connectivity index (χ2v) is 4.05. The van der Waals surface area contributed by atoms with Crippen LogP contribution in [-0.4, -0.2) is 25.2 Å². The Hall–Kier alpha value is -2.30. The zero-order valence-electron chi connectivity index (χ0n) is 9.51. The number of fused-ring (bicyclic) bond motifs is 3. The number of hydrogen-bond acceptors (Lipinski definition) is 2. The molecule has 0 saturated heterocycles. The zero-order chi connectivity index (χ0) is 12.2. The number of aryl methyl sites for hydroxylation is 2. The minimum absolute atomic E-state index is 0.0661. The largest absolute Gasteiger partial charge is 0.475 e. The van der Waals surface area contributed by atoms with Crippen LogP contribution in [0.25, 0.3) is 22.1 Å². The van der Waals surface area contributed by atoms with Gasteiger partial charge in [-0.05, 0) is 6.07 Å². The topological polar surface area (TPSA) is 60.1 Å². The summed E-state index contributed by atoms with van der Waals surface area (Å²) >= 11 is 0. The van der Waals surface area contributed by atoms with E-state index in [9.17, 15) is 4.79 Å². The number of carboxylic acid groups (broad SMARTS) is 1. The van der Waals surface area contributed by atoms with Crippen LogP contribution in [0.15, 0.2) is 24.3 Å². The van der Waals surface area contributed by atoms with E-state index >= 15 is 0 Å². The van der Waals surface area contributed by atoms with Crippen molar-refractivity contribution < 1.29 is 9.90 Å². The molecule has 5 nitrogen and oxygen atoms in total. The highest BCUT2D eigenvalue weighted by Crippen LogP contribution is 2.27. The van der Waals surface area contributed by atoms with E-state index in [0.29, 0.717) is 0 Å². The Labute approximate surface area is 96.9 Å². The first-order valence-corrected chi connectivity index (χ1v) is 5.24. The third-order valence-electron chi connectivity index (χ3n) is 3.09. The van der Waals surface area contributed by atoms with Gasteiger partial charge in [-0.15, -0.1) is 0 Å². The molecule has 3 rings (SSSR count). The number of hydrogen-bond donors (Lipinski definition) is 1. The lowest BCUT2D eigenvalue weighted by atomic mass is 10.2. The molecule has 0 aliphatic carbocycles. The van der Waals surface area contributed by atoms with Crippen LogP contribution in [0.3, 0.4) is 0 Å². The fourth-order valence-electron chi connectivity index (χ4n) is 2.33. The molecule has 0 aliphatic heterocycles. The Morgan fingerprint density at radius 1 is 1.24 bits per heavy atom. The molecule has 17 heavy (non-hydrogen) atoms. The van der Waals surface area contributed by atoms with Gasteiger partial charge < -0.3 is 14.2 Å². The Balaban J connectivity index is 2.56. The quantitative estimate of drug-likeness (QED) is 0.691. The highest BCUT2D eigenvalue weighted by atomic mass is 16.4. The molecule has 86 valence electrons. The van der Waals surface area contributed by atoms with E-state index in [-0.39, 0.29) is 5.82 Å². The summed E-state index contributed by atoms with van der Waals surface area (Å²) in [5, 5.41) is 10.0. The minimum atomic E-state index is -1.01. The zero-order valence-corrected chi connectivity index (χ0v) is 9.51. The van der Waals surface area contributed by atoms with Crippen molar-refractivity contribution in [3.63, 3.8) is 0 Å². The molecule has 0 bridgehead atoms. The van der Waals surface area contributed by atoms with Gasteiger partial charge in [-0.3, -0.25) is 0 Å². The van der Waals surface area contributed by atoms with Crippen LogP contribution < -0.4 is 0 Å². The van der Waals surface area contributed by atoms with Crippen molar-refractivity contribution in [3.05, 3.63) is 30.1 Å². The van der Waals surface area contributed by atoms with Gasteiger partial charge in [-0.25, -0.2) is 9.78 Å². The summed E-state index contributed by atoms with van der Waals surface area (Å²) in [6, 6.07) is 7.84. The van der Waals surface area contributed by atoms with E-state index in [1.807, 2.05) is 35.9 Å². The van der Waals surface area contributed by atoms with E-state index in [1.165, 1.54) is 0 Å². The molecule has 3 aromatic rings. The predicted octanol–water partition coefficient (Wildman–Crippen LogP) is 1.76. The fraction of sp³-hybridized carbons (Fsp3) is 0.167. The summed E-state index contributed by atoms with van der Waals surface area (Å²) in [5.74, 6) is -0.941. The van der Waals surface area contributed by atoms with Gasteiger partial charge in [0.2, 0.25) is 5.82 Å². The SMILES string of the molecule is Cn1c(C(=O)O)nc2c3ccccc3n(C)c21. The highest BCUT2D eigenvalue weighted by Gasteiger charge is 2.19. The van der Waals surface area contributed by atoms with E-state index in [1.54, 1.807) is 11.6 Å². The van der Waals surface area contributed by atoms with Crippen LogP contribution in [0, 0.1) is 0 Å². The van der Waals surface area contributed by atoms with E-state index < -0.39 is 5.97 Å². The Kier molecular flexibility index (Phi) is 1.80. The Morgan fingerprint density at radius 2 is 1.94 bits per heavy atom. The first kappa shape index (κ1) is 9.89. The second kappa shape index (κ2) is 3.10. The van der Waals surface area contributed by atoms with Crippen LogP contribution in [0.4, 0.5) is 0 Å². The van der Waals surface area contributed by atoms with E-state index in [2.05, 4.69) is 4.98 Å². The molecule has 1 N–H and O–H groups in total. The van der Waals surface area contributed by atoms with Gasteiger partial charge in [0.1, 0.15) is 11.2 Å². The monoisotopic (exact) mass is 229 g/mol. The van der Waals surface area contributed by atoms with Gasteiger partial charge >= 0.3 is 5.97 Å². The molecule has 0 amide bonds. The summed E-state index contributed by atoms with van der Waals surface area (Å²) in [7, 11) is 3.63. The molecule has 0 radical (unpaired) electrons. The molecular weight excluding hydrogens is 218 g/mol. The maximum absolute atomic E-state index is 11.0. The van der Waals surface area contributed by atoms with Gasteiger partial charge in [0.05, 0.1) is 5.52 Å². The van der Waals surface area contributed by atoms with Crippen molar-refractivity contribution >= 4 is 28.0 Å². The van der Waals surface area contributed by atoms with Crippen LogP contribution in [0.1, 0.15) is 10.6 Å². The van der Waals surface area contributed by atoms with Crippen molar-refractivity contribution in [2.75, 3.05) is 0 Å². The molecule has 1 aromatic carbocycles. The van der Waals surface area contributed by atoms with Crippen LogP contribution in [-0.2, 0) is 14.1 Å². The first-order chi connectivity index (χ1) is 8.11. The second-order valence-electron chi connectivity index (χ2n) is 4.05. The van der Waals surface area contributed by atoms with Gasteiger partial charge in [0, 0.05) is 19.5 Å². The lowest BCUT2D eigenvalue weighted by Crippen LogP contribution is -2.07. The lowest BCUT2D eigenvalue weighted by Gasteiger charge is -2.01. The lowest BCUT2D eigenvalue weighted by molar-refractivity contribution is 0.0680. The molecule has 5 heteroatoms. The number of carboxylic acids is 1. The van der Waals surface area contributed by atoms with Gasteiger partial charge in [0.25, 0.3) is 0 Å². The van der Waals surface area contributed by atoms with Crippen LogP contribution in [0.5, 0.6) is 0 Å². The maximum Gasteiger partial charge on any atom is 0.372 e. The van der Waals surface area contributed by atoms with Gasteiger partial charge in [-0.2, -0.15) is 0 Å². The Morgan fingerprint density at radius 3 is 2.65 bits per heavy atom. The predicted molar refractivity (Wildman–Crippen MR) is 64.2 cm³/mol. The van der Waals surface area contributed by atoms with Crippen molar-refractivity contribution in [2.45, 2.75) is 0 Å². The van der Waals surface area contributed by atoms with Gasteiger partial charge in [-0.1, -0.05) is 18.2 Å². The average molecular weight is 229 g/mol. The number of imidazole rings is 1. The van der Waals surface area contributed by atoms with Gasteiger partial charge in [0.15, 0.2) is 0 Å². The molecule has 2 heterocycles. The van der Waals surface area contributed by atoms with Crippen LogP contribution in [0.2, 0.25) is 0 Å².